The molecule has 152 valence electrons. The van der Waals surface area contributed by atoms with Crippen LogP contribution in [0, 0.1) is 0 Å². The molecule has 0 radical (unpaired) electrons. The molecule has 0 spiro atoms. The number of ether oxygens (including phenoxy) is 2. The van der Waals surface area contributed by atoms with Gasteiger partial charge in [0.15, 0.2) is 11.5 Å². The maximum atomic E-state index is 12.7. The third kappa shape index (κ3) is 4.92. The molecule has 2 heterocycles. The monoisotopic (exact) mass is 412 g/mol. The van der Waals surface area contributed by atoms with Crippen molar-refractivity contribution < 1.29 is 14.3 Å². The van der Waals surface area contributed by atoms with Crippen LogP contribution in [0.25, 0.3) is 6.08 Å². The Kier molecular flexibility index (Phi) is 6.07. The van der Waals surface area contributed by atoms with Gasteiger partial charge in [-0.3, -0.25) is 9.69 Å². The van der Waals surface area contributed by atoms with Gasteiger partial charge in [0.2, 0.25) is 12.7 Å². The summed E-state index contributed by atoms with van der Waals surface area (Å²) in [5, 5.41) is 0.602. The van der Waals surface area contributed by atoms with E-state index in [-0.39, 0.29) is 12.7 Å². The van der Waals surface area contributed by atoms with Crippen LogP contribution in [0.2, 0.25) is 5.02 Å². The van der Waals surface area contributed by atoms with Crippen LogP contribution in [0.3, 0.4) is 0 Å². The lowest BCUT2D eigenvalue weighted by molar-refractivity contribution is -0.130. The average Bonchev–Trinajstić information content (AvgIpc) is 3.09. The predicted molar refractivity (Wildman–Crippen MR) is 114 cm³/mol. The summed E-state index contributed by atoms with van der Waals surface area (Å²) in [4.78, 5) is 16.9. The fraction of sp³-hybridized carbons (Fsp3) is 0.348. The summed E-state index contributed by atoms with van der Waals surface area (Å²) in [5.41, 5.74) is 3.38. The first-order chi connectivity index (χ1) is 14.1. The minimum atomic E-state index is 0.158. The maximum absolute atomic E-state index is 12.7. The predicted octanol–water partition coefficient (Wildman–Crippen LogP) is 4.21. The van der Waals surface area contributed by atoms with E-state index in [0.29, 0.717) is 36.0 Å². The molecule has 2 aromatic rings. The molecular weight excluding hydrogens is 388 g/mol. The molecule has 2 aliphatic heterocycles. The molecule has 5 nitrogen and oxygen atoms in total. The van der Waals surface area contributed by atoms with E-state index in [1.807, 2.05) is 29.2 Å². The lowest BCUT2D eigenvalue weighted by Gasteiger charge is -2.23. The average molecular weight is 413 g/mol. The first kappa shape index (κ1) is 19.8. The molecule has 1 amide bonds. The Labute approximate surface area is 176 Å². The van der Waals surface area contributed by atoms with Gasteiger partial charge in [-0.1, -0.05) is 53.6 Å². The van der Waals surface area contributed by atoms with Gasteiger partial charge in [-0.15, -0.1) is 0 Å². The second-order valence-electron chi connectivity index (χ2n) is 7.54. The molecule has 0 saturated carbocycles. The highest BCUT2D eigenvalue weighted by molar-refractivity contribution is 6.31. The lowest BCUT2D eigenvalue weighted by atomic mass is 10.1. The van der Waals surface area contributed by atoms with Gasteiger partial charge in [-0.05, 0) is 24.1 Å². The van der Waals surface area contributed by atoms with Crippen molar-refractivity contribution in [1.29, 1.82) is 0 Å². The van der Waals surface area contributed by atoms with Crippen LogP contribution in [0.4, 0.5) is 0 Å². The Morgan fingerprint density at radius 2 is 1.86 bits per heavy atom. The van der Waals surface area contributed by atoms with Gasteiger partial charge in [-0.2, -0.15) is 0 Å². The molecular formula is C23H25ClN2O3. The Bertz CT molecular complexity index is 914. The summed E-state index contributed by atoms with van der Waals surface area (Å²) in [6, 6.07) is 14.0. The van der Waals surface area contributed by atoms with Crippen LogP contribution in [-0.2, 0) is 11.3 Å². The van der Waals surface area contributed by atoms with Crippen LogP contribution in [0.15, 0.2) is 48.0 Å². The zero-order valence-corrected chi connectivity index (χ0v) is 17.3. The molecule has 29 heavy (non-hydrogen) atoms. The van der Waals surface area contributed by atoms with Gasteiger partial charge in [0, 0.05) is 50.2 Å². The third-order valence-corrected chi connectivity index (χ3v) is 5.62. The summed E-state index contributed by atoms with van der Waals surface area (Å²) in [6.45, 7) is 5.99. The standard InChI is InChI=1S/C23H25ClN2O3/c1-17(11-18-5-3-2-4-6-18)14-25-8-7-23(27)26(10-9-25)15-19-12-21-22(13-20(19)24)29-16-28-21/h2-6,11-13H,7-10,14-16H2,1H3. The van der Waals surface area contributed by atoms with Gasteiger partial charge in [0.05, 0.1) is 0 Å². The third-order valence-electron chi connectivity index (χ3n) is 5.27. The van der Waals surface area contributed by atoms with Crippen LogP contribution in [0.5, 0.6) is 11.5 Å². The van der Waals surface area contributed by atoms with Gasteiger partial charge in [0.25, 0.3) is 0 Å². The van der Waals surface area contributed by atoms with Crippen molar-refractivity contribution in [3.8, 4) is 11.5 Å². The highest BCUT2D eigenvalue weighted by Gasteiger charge is 2.23. The van der Waals surface area contributed by atoms with E-state index in [9.17, 15) is 4.79 Å². The normalized spacial score (nSPS) is 17.5. The van der Waals surface area contributed by atoms with Gasteiger partial charge in [0.1, 0.15) is 0 Å². The SMILES string of the molecule is CC(=Cc1ccccc1)CN1CCC(=O)N(Cc2cc3c(cc2Cl)OCO3)CC1. The van der Waals surface area contributed by atoms with Crippen molar-refractivity contribution in [2.45, 2.75) is 19.9 Å². The molecule has 1 saturated heterocycles. The van der Waals surface area contributed by atoms with E-state index in [1.165, 1.54) is 11.1 Å². The van der Waals surface area contributed by atoms with Crippen molar-refractivity contribution in [2.24, 2.45) is 0 Å². The largest absolute Gasteiger partial charge is 0.454 e. The topological polar surface area (TPSA) is 42.0 Å². The lowest BCUT2D eigenvalue weighted by Crippen LogP contribution is -2.33. The number of amides is 1. The number of fused-ring (bicyclic) bond motifs is 1. The van der Waals surface area contributed by atoms with Crippen molar-refractivity contribution in [3.05, 3.63) is 64.2 Å². The van der Waals surface area contributed by atoms with Gasteiger partial charge in [-0.25, -0.2) is 0 Å². The second-order valence-corrected chi connectivity index (χ2v) is 7.95. The summed E-state index contributed by atoms with van der Waals surface area (Å²) in [7, 11) is 0. The summed E-state index contributed by atoms with van der Waals surface area (Å²) >= 11 is 6.40. The number of halogens is 1. The van der Waals surface area contributed by atoms with Crippen LogP contribution in [-0.4, -0.2) is 48.7 Å². The number of nitrogens with zero attached hydrogens (tertiary/aromatic N) is 2. The first-order valence-corrected chi connectivity index (χ1v) is 10.3. The number of hydrogen-bond donors (Lipinski definition) is 0. The number of carbonyl (C=O) groups excluding carboxylic acids is 1. The highest BCUT2D eigenvalue weighted by atomic mass is 35.5. The van der Waals surface area contributed by atoms with Crippen molar-refractivity contribution in [2.75, 3.05) is 33.0 Å². The van der Waals surface area contributed by atoms with E-state index in [2.05, 4.69) is 30.0 Å². The number of rotatable bonds is 5. The Hall–Kier alpha value is -2.50. The Morgan fingerprint density at radius 1 is 1.10 bits per heavy atom. The van der Waals surface area contributed by atoms with E-state index in [1.54, 1.807) is 6.07 Å². The van der Waals surface area contributed by atoms with Crippen molar-refractivity contribution in [1.82, 2.24) is 9.80 Å². The summed E-state index contributed by atoms with van der Waals surface area (Å²) in [6.07, 6.45) is 2.72. The maximum Gasteiger partial charge on any atom is 0.231 e. The van der Waals surface area contributed by atoms with E-state index in [0.717, 1.165) is 25.2 Å². The number of benzene rings is 2. The minimum Gasteiger partial charge on any atom is -0.454 e. The first-order valence-electron chi connectivity index (χ1n) is 9.89. The van der Waals surface area contributed by atoms with Crippen LogP contribution >= 0.6 is 11.6 Å². The fourth-order valence-electron chi connectivity index (χ4n) is 3.75. The molecule has 0 aromatic heterocycles. The van der Waals surface area contributed by atoms with E-state index < -0.39 is 0 Å². The smallest absolute Gasteiger partial charge is 0.231 e. The van der Waals surface area contributed by atoms with Crippen molar-refractivity contribution in [3.63, 3.8) is 0 Å². The zero-order chi connectivity index (χ0) is 20.2. The van der Waals surface area contributed by atoms with Crippen LogP contribution in [0.1, 0.15) is 24.5 Å². The molecule has 0 aliphatic carbocycles. The molecule has 2 aromatic carbocycles. The quantitative estimate of drug-likeness (QED) is 0.737. The molecule has 0 atom stereocenters. The number of hydrogen-bond acceptors (Lipinski definition) is 4. The van der Waals surface area contributed by atoms with E-state index in [4.69, 9.17) is 21.1 Å². The molecule has 0 N–H and O–H groups in total. The Morgan fingerprint density at radius 3 is 2.66 bits per heavy atom. The van der Waals surface area contributed by atoms with Crippen molar-refractivity contribution >= 4 is 23.6 Å². The Balaban J connectivity index is 1.38. The molecule has 0 unspecified atom stereocenters. The molecule has 2 aliphatic rings. The fourth-order valence-corrected chi connectivity index (χ4v) is 3.97. The summed E-state index contributed by atoms with van der Waals surface area (Å²) in [5.74, 6) is 1.51. The highest BCUT2D eigenvalue weighted by Crippen LogP contribution is 2.37. The molecule has 6 heteroatoms. The van der Waals surface area contributed by atoms with Gasteiger partial charge >= 0.3 is 0 Å². The van der Waals surface area contributed by atoms with E-state index >= 15 is 0 Å². The molecule has 4 rings (SSSR count). The van der Waals surface area contributed by atoms with Crippen LogP contribution < -0.4 is 9.47 Å². The summed E-state index contributed by atoms with van der Waals surface area (Å²) < 4.78 is 10.8. The minimum absolute atomic E-state index is 0.158. The molecule has 0 bridgehead atoms. The molecule has 1 fully saturated rings. The van der Waals surface area contributed by atoms with Gasteiger partial charge < -0.3 is 14.4 Å². The second kappa shape index (κ2) is 8.89. The zero-order valence-electron chi connectivity index (χ0n) is 16.6. The number of carbonyl (C=O) groups is 1.